The first kappa shape index (κ1) is 10.2. The topological polar surface area (TPSA) is 79.6 Å². The fourth-order valence-corrected chi connectivity index (χ4v) is 2.31. The van der Waals surface area contributed by atoms with Gasteiger partial charge in [-0.25, -0.2) is 9.97 Å². The number of anilines is 2. The number of imidazole rings is 1. The number of thiazole rings is 1. The molecule has 0 amide bonds. The molecule has 0 saturated heterocycles. The fourth-order valence-electron chi connectivity index (χ4n) is 1.60. The molecule has 0 aliphatic heterocycles. The standard InChI is InChI=1S/C11H11N5S/c12-4-8-5-13-11(17-8)16-7-1-2-9-10(3-7)15-6-14-9/h1-3,5-6H,4,12H2,(H,13,16)(H,14,15). The van der Waals surface area contributed by atoms with Crippen molar-refractivity contribution in [3.05, 3.63) is 35.6 Å². The second kappa shape index (κ2) is 4.15. The number of fused-ring (bicyclic) bond motifs is 1. The first-order valence-corrected chi connectivity index (χ1v) is 6.02. The van der Waals surface area contributed by atoms with Crippen LogP contribution in [0.15, 0.2) is 30.7 Å². The zero-order chi connectivity index (χ0) is 11.7. The van der Waals surface area contributed by atoms with Gasteiger partial charge in [0, 0.05) is 23.3 Å². The van der Waals surface area contributed by atoms with Gasteiger partial charge in [0.05, 0.1) is 17.4 Å². The molecule has 0 radical (unpaired) electrons. The second-order valence-corrected chi connectivity index (χ2v) is 4.71. The smallest absolute Gasteiger partial charge is 0.187 e. The molecule has 5 nitrogen and oxygen atoms in total. The van der Waals surface area contributed by atoms with Crippen LogP contribution in [-0.4, -0.2) is 15.0 Å². The summed E-state index contributed by atoms with van der Waals surface area (Å²) < 4.78 is 0. The van der Waals surface area contributed by atoms with Gasteiger partial charge in [-0.05, 0) is 18.2 Å². The van der Waals surface area contributed by atoms with Crippen molar-refractivity contribution in [1.82, 2.24) is 15.0 Å². The van der Waals surface area contributed by atoms with Crippen molar-refractivity contribution in [2.24, 2.45) is 5.73 Å². The third-order valence-electron chi connectivity index (χ3n) is 2.43. The molecule has 0 bridgehead atoms. The van der Waals surface area contributed by atoms with E-state index in [4.69, 9.17) is 5.73 Å². The van der Waals surface area contributed by atoms with E-state index >= 15 is 0 Å². The van der Waals surface area contributed by atoms with Gasteiger partial charge in [-0.15, -0.1) is 11.3 Å². The lowest BCUT2D eigenvalue weighted by molar-refractivity contribution is 1.10. The van der Waals surface area contributed by atoms with E-state index in [-0.39, 0.29) is 0 Å². The molecule has 17 heavy (non-hydrogen) atoms. The van der Waals surface area contributed by atoms with E-state index in [0.717, 1.165) is 26.7 Å². The van der Waals surface area contributed by atoms with Crippen molar-refractivity contribution in [2.75, 3.05) is 5.32 Å². The van der Waals surface area contributed by atoms with E-state index in [1.165, 1.54) is 0 Å². The first-order valence-electron chi connectivity index (χ1n) is 5.20. The van der Waals surface area contributed by atoms with Crippen molar-refractivity contribution < 1.29 is 0 Å². The van der Waals surface area contributed by atoms with Crippen LogP contribution < -0.4 is 11.1 Å². The summed E-state index contributed by atoms with van der Waals surface area (Å²) >= 11 is 1.56. The Bertz CT molecular complexity index is 642. The number of nitrogens with two attached hydrogens (primary N) is 1. The molecule has 4 N–H and O–H groups in total. The molecule has 3 aromatic rings. The minimum atomic E-state index is 0.527. The second-order valence-electron chi connectivity index (χ2n) is 3.60. The maximum Gasteiger partial charge on any atom is 0.187 e. The average Bonchev–Trinajstić information content (AvgIpc) is 2.96. The molecule has 0 aliphatic carbocycles. The molecular weight excluding hydrogens is 234 g/mol. The van der Waals surface area contributed by atoms with Gasteiger partial charge in [-0.2, -0.15) is 0 Å². The SMILES string of the molecule is NCc1cnc(Nc2ccc3nc[nH]c3c2)s1. The summed E-state index contributed by atoms with van der Waals surface area (Å²) in [5.41, 5.74) is 8.49. The van der Waals surface area contributed by atoms with Crippen molar-refractivity contribution in [3.63, 3.8) is 0 Å². The molecule has 0 saturated carbocycles. The van der Waals surface area contributed by atoms with Crippen LogP contribution in [0.1, 0.15) is 4.88 Å². The molecule has 0 unspecified atom stereocenters. The van der Waals surface area contributed by atoms with Crippen LogP contribution in [0.5, 0.6) is 0 Å². The molecule has 86 valence electrons. The maximum atomic E-state index is 5.55. The number of aromatic amines is 1. The molecule has 6 heteroatoms. The normalized spacial score (nSPS) is 10.9. The number of H-pyrrole nitrogens is 1. The third-order valence-corrected chi connectivity index (χ3v) is 3.36. The third kappa shape index (κ3) is 2.00. The Balaban J connectivity index is 1.88. The van der Waals surface area contributed by atoms with Gasteiger partial charge < -0.3 is 16.0 Å². The van der Waals surface area contributed by atoms with Gasteiger partial charge in [-0.1, -0.05) is 0 Å². The predicted octanol–water partition coefficient (Wildman–Crippen LogP) is 2.22. The van der Waals surface area contributed by atoms with Gasteiger partial charge in [0.1, 0.15) is 0 Å². The number of benzene rings is 1. The Kier molecular flexibility index (Phi) is 2.50. The highest BCUT2D eigenvalue weighted by Gasteiger charge is 2.02. The summed E-state index contributed by atoms with van der Waals surface area (Å²) in [6.07, 6.45) is 3.48. The molecule has 3 rings (SSSR count). The summed E-state index contributed by atoms with van der Waals surface area (Å²) in [6, 6.07) is 5.95. The molecule has 2 heterocycles. The summed E-state index contributed by atoms with van der Waals surface area (Å²) in [6.45, 7) is 0.527. The van der Waals surface area contributed by atoms with E-state index < -0.39 is 0 Å². The molecular formula is C11H11N5S. The average molecular weight is 245 g/mol. The van der Waals surface area contributed by atoms with Crippen molar-refractivity contribution in [2.45, 2.75) is 6.54 Å². The Morgan fingerprint density at radius 3 is 3.12 bits per heavy atom. The maximum absolute atomic E-state index is 5.55. The van der Waals surface area contributed by atoms with Crippen molar-refractivity contribution in [3.8, 4) is 0 Å². The first-order chi connectivity index (χ1) is 8.35. The van der Waals surface area contributed by atoms with Crippen LogP contribution in [0.25, 0.3) is 11.0 Å². The molecule has 0 spiro atoms. The lowest BCUT2D eigenvalue weighted by atomic mass is 10.3. The number of rotatable bonds is 3. The Hall–Kier alpha value is -1.92. The number of nitrogens with one attached hydrogen (secondary N) is 2. The van der Waals surface area contributed by atoms with E-state index in [0.29, 0.717) is 6.54 Å². The lowest BCUT2D eigenvalue weighted by Gasteiger charge is -2.01. The quantitative estimate of drug-likeness (QED) is 0.661. The highest BCUT2D eigenvalue weighted by Crippen LogP contribution is 2.23. The van der Waals surface area contributed by atoms with Crippen LogP contribution in [0.3, 0.4) is 0 Å². The number of hydrogen-bond acceptors (Lipinski definition) is 5. The monoisotopic (exact) mass is 245 g/mol. The zero-order valence-corrected chi connectivity index (χ0v) is 9.79. The molecule has 0 fully saturated rings. The van der Waals surface area contributed by atoms with Crippen LogP contribution in [0.2, 0.25) is 0 Å². The van der Waals surface area contributed by atoms with E-state index in [2.05, 4.69) is 20.3 Å². The Labute approximate surface area is 102 Å². The summed E-state index contributed by atoms with van der Waals surface area (Å²) in [4.78, 5) is 12.6. The summed E-state index contributed by atoms with van der Waals surface area (Å²) in [7, 11) is 0. The van der Waals surface area contributed by atoms with Gasteiger partial charge in [-0.3, -0.25) is 0 Å². The summed E-state index contributed by atoms with van der Waals surface area (Å²) in [5.74, 6) is 0. The Morgan fingerprint density at radius 2 is 2.29 bits per heavy atom. The minimum Gasteiger partial charge on any atom is -0.345 e. The van der Waals surface area contributed by atoms with E-state index in [9.17, 15) is 0 Å². The van der Waals surface area contributed by atoms with Gasteiger partial charge in [0.2, 0.25) is 0 Å². The number of hydrogen-bond donors (Lipinski definition) is 3. The highest BCUT2D eigenvalue weighted by molar-refractivity contribution is 7.15. The Morgan fingerprint density at radius 1 is 1.35 bits per heavy atom. The van der Waals surface area contributed by atoms with Crippen molar-refractivity contribution in [1.29, 1.82) is 0 Å². The van der Waals surface area contributed by atoms with Gasteiger partial charge in [0.25, 0.3) is 0 Å². The van der Waals surface area contributed by atoms with Crippen LogP contribution >= 0.6 is 11.3 Å². The van der Waals surface area contributed by atoms with Gasteiger partial charge in [0.15, 0.2) is 5.13 Å². The minimum absolute atomic E-state index is 0.527. The molecule has 2 aromatic heterocycles. The predicted molar refractivity (Wildman–Crippen MR) is 69.4 cm³/mol. The van der Waals surface area contributed by atoms with Crippen LogP contribution in [0.4, 0.5) is 10.8 Å². The van der Waals surface area contributed by atoms with Crippen LogP contribution in [-0.2, 0) is 6.54 Å². The van der Waals surface area contributed by atoms with Crippen molar-refractivity contribution >= 4 is 33.2 Å². The van der Waals surface area contributed by atoms with Gasteiger partial charge >= 0.3 is 0 Å². The summed E-state index contributed by atoms with van der Waals surface area (Å²) in [5, 5.41) is 4.10. The van der Waals surface area contributed by atoms with E-state index in [1.54, 1.807) is 23.9 Å². The number of aromatic nitrogens is 3. The molecule has 0 atom stereocenters. The lowest BCUT2D eigenvalue weighted by Crippen LogP contribution is -1.91. The highest BCUT2D eigenvalue weighted by atomic mass is 32.1. The largest absolute Gasteiger partial charge is 0.345 e. The van der Waals surface area contributed by atoms with Crippen LogP contribution in [0, 0.1) is 0 Å². The molecule has 1 aromatic carbocycles. The fraction of sp³-hybridized carbons (Fsp3) is 0.0909. The molecule has 0 aliphatic rings. The number of nitrogens with zero attached hydrogens (tertiary/aromatic N) is 2. The van der Waals surface area contributed by atoms with E-state index in [1.807, 2.05) is 18.2 Å². The zero-order valence-electron chi connectivity index (χ0n) is 8.97.